The summed E-state index contributed by atoms with van der Waals surface area (Å²) in [6.45, 7) is 17.9. The fraction of sp³-hybridized carbons (Fsp3) is 0.684. The molecule has 0 amide bonds. The van der Waals surface area contributed by atoms with Crippen molar-refractivity contribution < 1.29 is 13.5 Å². The molecule has 1 aromatic rings. The summed E-state index contributed by atoms with van der Waals surface area (Å²) in [4.78, 5) is 0. The number of nitrogen functional groups attached to an aromatic ring is 1. The number of rotatable bonds is 4. The number of nitrogens with two attached hydrogens (primary N) is 1. The summed E-state index contributed by atoms with van der Waals surface area (Å²) in [7, 11) is -1.70. The summed E-state index contributed by atoms with van der Waals surface area (Å²) in [6.07, 6.45) is 0. The molecular formula is C19H33BN2O3S. The molecule has 3 N–H and O–H groups in total. The van der Waals surface area contributed by atoms with Crippen LogP contribution < -0.4 is 15.9 Å². The Labute approximate surface area is 161 Å². The molecule has 0 saturated carbocycles. The van der Waals surface area contributed by atoms with Crippen molar-refractivity contribution in [3.05, 3.63) is 23.3 Å². The molecule has 0 bridgehead atoms. The fourth-order valence-corrected chi connectivity index (χ4v) is 3.58. The van der Waals surface area contributed by atoms with Crippen LogP contribution in [0.5, 0.6) is 0 Å². The lowest BCUT2D eigenvalue weighted by Gasteiger charge is -2.32. The maximum atomic E-state index is 12.5. The highest BCUT2D eigenvalue weighted by Crippen LogP contribution is 2.37. The van der Waals surface area contributed by atoms with Crippen LogP contribution >= 0.6 is 0 Å². The number of aryl methyl sites for hydroxylation is 1. The molecule has 2 atom stereocenters. The Kier molecular flexibility index (Phi) is 5.71. The van der Waals surface area contributed by atoms with E-state index in [0.29, 0.717) is 5.69 Å². The second kappa shape index (κ2) is 6.93. The molecule has 1 aliphatic heterocycles. The van der Waals surface area contributed by atoms with E-state index in [1.165, 1.54) is 0 Å². The normalized spacial score (nSPS) is 21.7. The summed E-state index contributed by atoms with van der Waals surface area (Å²) >= 11 is 0. The summed E-state index contributed by atoms with van der Waals surface area (Å²) < 4.78 is 27.6. The van der Waals surface area contributed by atoms with Gasteiger partial charge in [0.25, 0.3) is 0 Å². The van der Waals surface area contributed by atoms with Gasteiger partial charge in [0.05, 0.1) is 26.9 Å². The maximum absolute atomic E-state index is 12.5. The van der Waals surface area contributed by atoms with Crippen molar-refractivity contribution in [2.24, 2.45) is 0 Å². The molecule has 2 rings (SSSR count). The summed E-state index contributed by atoms with van der Waals surface area (Å²) in [5, 5.41) is 0. The molecule has 0 spiro atoms. The van der Waals surface area contributed by atoms with E-state index in [1.54, 1.807) is 0 Å². The lowest BCUT2D eigenvalue weighted by molar-refractivity contribution is 0.00578. The minimum Gasteiger partial charge on any atom is -0.399 e. The summed E-state index contributed by atoms with van der Waals surface area (Å²) in [6, 6.07) is 3.88. The van der Waals surface area contributed by atoms with Crippen LogP contribution in [-0.2, 0) is 20.3 Å². The van der Waals surface area contributed by atoms with Gasteiger partial charge < -0.3 is 15.0 Å². The van der Waals surface area contributed by atoms with Crippen molar-refractivity contribution in [1.29, 1.82) is 0 Å². The van der Waals surface area contributed by atoms with Gasteiger partial charge in [0.1, 0.15) is 0 Å². The van der Waals surface area contributed by atoms with Gasteiger partial charge in [0.2, 0.25) is 0 Å². The monoisotopic (exact) mass is 380 g/mol. The second-order valence-corrected chi connectivity index (χ2v) is 11.2. The Morgan fingerprint density at radius 3 is 2.12 bits per heavy atom. The number of nitrogens with one attached hydrogen (secondary N) is 1. The first kappa shape index (κ1) is 21.4. The van der Waals surface area contributed by atoms with Gasteiger partial charge in [-0.25, -0.2) is 8.93 Å². The molecule has 1 fully saturated rings. The van der Waals surface area contributed by atoms with Crippen molar-refractivity contribution in [2.45, 2.75) is 84.3 Å². The molecule has 0 aromatic heterocycles. The van der Waals surface area contributed by atoms with Crippen LogP contribution in [-0.4, -0.2) is 27.3 Å². The van der Waals surface area contributed by atoms with E-state index in [2.05, 4.69) is 4.72 Å². The van der Waals surface area contributed by atoms with Crippen molar-refractivity contribution >= 4 is 29.3 Å². The van der Waals surface area contributed by atoms with Crippen LogP contribution in [0.15, 0.2) is 12.1 Å². The average Bonchev–Trinajstić information content (AvgIpc) is 2.68. The van der Waals surface area contributed by atoms with Gasteiger partial charge in [-0.15, -0.1) is 0 Å². The number of anilines is 1. The molecule has 1 unspecified atom stereocenters. The second-order valence-electron chi connectivity index (χ2n) is 9.17. The summed E-state index contributed by atoms with van der Waals surface area (Å²) in [5.41, 5.74) is 9.07. The first-order chi connectivity index (χ1) is 11.7. The zero-order valence-corrected chi connectivity index (χ0v) is 18.3. The van der Waals surface area contributed by atoms with Crippen LogP contribution in [0, 0.1) is 6.92 Å². The van der Waals surface area contributed by atoms with E-state index in [-0.39, 0.29) is 10.8 Å². The Morgan fingerprint density at radius 1 is 1.15 bits per heavy atom. The molecular weight excluding hydrogens is 347 g/mol. The number of hydrogen-bond donors (Lipinski definition) is 2. The van der Waals surface area contributed by atoms with Gasteiger partial charge in [0, 0.05) is 17.2 Å². The highest BCUT2D eigenvalue weighted by Gasteiger charge is 2.52. The highest BCUT2D eigenvalue weighted by molar-refractivity contribution is 7.84. The Bertz CT molecular complexity index is 697. The van der Waals surface area contributed by atoms with Crippen molar-refractivity contribution in [3.8, 4) is 0 Å². The Balaban J connectivity index is 2.36. The number of benzene rings is 1. The van der Waals surface area contributed by atoms with Gasteiger partial charge in [-0.3, -0.25) is 0 Å². The van der Waals surface area contributed by atoms with Crippen LogP contribution in [0.25, 0.3) is 0 Å². The lowest BCUT2D eigenvalue weighted by atomic mass is 9.75. The quantitative estimate of drug-likeness (QED) is 0.622. The number of hydrogen-bond acceptors (Lipinski definition) is 4. The third kappa shape index (κ3) is 4.16. The molecule has 146 valence electrons. The van der Waals surface area contributed by atoms with Crippen LogP contribution in [0.4, 0.5) is 5.69 Å². The Morgan fingerprint density at radius 2 is 1.65 bits per heavy atom. The van der Waals surface area contributed by atoms with Gasteiger partial charge >= 0.3 is 7.12 Å². The maximum Gasteiger partial charge on any atom is 0.496 e. The van der Waals surface area contributed by atoms with E-state index in [9.17, 15) is 4.21 Å². The third-order valence-electron chi connectivity index (χ3n) is 5.20. The van der Waals surface area contributed by atoms with E-state index in [0.717, 1.165) is 16.6 Å². The smallest absolute Gasteiger partial charge is 0.399 e. The largest absolute Gasteiger partial charge is 0.496 e. The predicted molar refractivity (Wildman–Crippen MR) is 111 cm³/mol. The highest BCUT2D eigenvalue weighted by atomic mass is 32.2. The first-order valence-electron chi connectivity index (χ1n) is 9.09. The van der Waals surface area contributed by atoms with E-state index in [1.807, 2.05) is 74.4 Å². The fourth-order valence-electron chi connectivity index (χ4n) is 2.78. The summed E-state index contributed by atoms with van der Waals surface area (Å²) in [5.74, 6) is 0. The van der Waals surface area contributed by atoms with Gasteiger partial charge in [-0.2, -0.15) is 0 Å². The van der Waals surface area contributed by atoms with Gasteiger partial charge in [0.15, 0.2) is 0 Å². The van der Waals surface area contributed by atoms with E-state index < -0.39 is 29.3 Å². The van der Waals surface area contributed by atoms with E-state index >= 15 is 0 Å². The van der Waals surface area contributed by atoms with Crippen LogP contribution in [0.1, 0.15) is 72.6 Å². The van der Waals surface area contributed by atoms with Gasteiger partial charge in [-0.1, -0.05) is 17.7 Å². The molecule has 5 nitrogen and oxygen atoms in total. The average molecular weight is 380 g/mol. The minimum atomic E-state index is -1.18. The SMILES string of the molecule is Cc1cc(B2OC(C)(C)C(C)(C)O2)c(N)c([C@@H](C)NS(=O)C(C)(C)C)c1. The minimum absolute atomic E-state index is 0.156. The molecule has 1 saturated heterocycles. The zero-order chi connectivity index (χ0) is 20.1. The third-order valence-corrected chi connectivity index (χ3v) is 6.88. The van der Waals surface area contributed by atoms with Crippen LogP contribution in [0.2, 0.25) is 0 Å². The molecule has 0 aliphatic carbocycles. The zero-order valence-electron chi connectivity index (χ0n) is 17.5. The standard InChI is InChI=1S/C19H33BN2O3S/c1-12-10-14(13(2)22-26(23)17(3,4)5)16(21)15(11-12)20-24-18(6,7)19(8,9)25-20/h10-11,13,22H,21H2,1-9H3/t13-,26?/m1/s1. The molecule has 1 aromatic carbocycles. The Hall–Kier alpha value is -0.885. The predicted octanol–water partition coefficient (Wildman–Crippen LogP) is 2.99. The molecule has 1 aliphatic rings. The van der Waals surface area contributed by atoms with Crippen molar-refractivity contribution in [1.82, 2.24) is 4.72 Å². The molecule has 1 heterocycles. The van der Waals surface area contributed by atoms with Crippen molar-refractivity contribution in [2.75, 3.05) is 5.73 Å². The molecule has 7 heteroatoms. The van der Waals surface area contributed by atoms with E-state index in [4.69, 9.17) is 15.0 Å². The topological polar surface area (TPSA) is 73.6 Å². The first-order valence-corrected chi connectivity index (χ1v) is 10.2. The van der Waals surface area contributed by atoms with Crippen molar-refractivity contribution in [3.63, 3.8) is 0 Å². The lowest BCUT2D eigenvalue weighted by Crippen LogP contribution is -2.41. The van der Waals surface area contributed by atoms with Crippen LogP contribution in [0.3, 0.4) is 0 Å². The molecule has 26 heavy (non-hydrogen) atoms. The molecule has 0 radical (unpaired) electrons. The van der Waals surface area contributed by atoms with Gasteiger partial charge in [-0.05, 0) is 67.9 Å².